The molecule has 1 aromatic rings. The number of benzene rings is 1. The fourth-order valence-corrected chi connectivity index (χ4v) is 2.66. The number of hydrogen-bond acceptors (Lipinski definition) is 3. The first-order chi connectivity index (χ1) is 7.81. The molecule has 0 atom stereocenters. The van der Waals surface area contributed by atoms with Crippen LogP contribution in [0.1, 0.15) is 24.0 Å². The van der Waals surface area contributed by atoms with E-state index in [1.54, 1.807) is 0 Å². The monoisotopic (exact) mass is 214 g/mol. The van der Waals surface area contributed by atoms with E-state index < -0.39 is 0 Å². The van der Waals surface area contributed by atoms with Crippen molar-refractivity contribution in [2.24, 2.45) is 0 Å². The molecule has 1 aromatic carbocycles. The van der Waals surface area contributed by atoms with Crippen molar-refractivity contribution in [1.82, 2.24) is 5.32 Å². The molecule has 0 aliphatic carbocycles. The Balaban J connectivity index is 1.91. The molecule has 2 aliphatic rings. The van der Waals surface area contributed by atoms with Crippen LogP contribution in [0, 0.1) is 11.3 Å². The first-order valence-corrected chi connectivity index (χ1v) is 5.74. The molecule has 0 saturated carbocycles. The van der Waals surface area contributed by atoms with Gasteiger partial charge in [0, 0.05) is 6.42 Å². The summed E-state index contributed by atoms with van der Waals surface area (Å²) in [5.74, 6) is 0.973. The van der Waals surface area contributed by atoms with E-state index in [9.17, 15) is 0 Å². The molecule has 1 saturated heterocycles. The Morgan fingerprint density at radius 1 is 1.31 bits per heavy atom. The summed E-state index contributed by atoms with van der Waals surface area (Å²) < 4.78 is 6.09. The van der Waals surface area contributed by atoms with Crippen molar-refractivity contribution < 1.29 is 4.74 Å². The maximum Gasteiger partial charge on any atom is 0.123 e. The number of ether oxygens (including phenoxy) is 1. The third-order valence-electron chi connectivity index (χ3n) is 3.54. The highest BCUT2D eigenvalue weighted by Crippen LogP contribution is 2.40. The highest BCUT2D eigenvalue weighted by Gasteiger charge is 2.40. The van der Waals surface area contributed by atoms with Crippen LogP contribution >= 0.6 is 0 Å². The van der Waals surface area contributed by atoms with E-state index in [-0.39, 0.29) is 5.60 Å². The van der Waals surface area contributed by atoms with Crippen molar-refractivity contribution in [1.29, 1.82) is 5.26 Å². The SMILES string of the molecule is N#Cc1ccc2c(c1)CC1(CCNCC1)O2. The van der Waals surface area contributed by atoms with Crippen LogP contribution in [-0.2, 0) is 6.42 Å². The fourth-order valence-electron chi connectivity index (χ4n) is 2.66. The van der Waals surface area contributed by atoms with Gasteiger partial charge in [0.2, 0.25) is 0 Å². The maximum atomic E-state index is 8.87. The lowest BCUT2D eigenvalue weighted by atomic mass is 9.88. The number of nitriles is 1. The second-order valence-corrected chi connectivity index (χ2v) is 4.65. The first kappa shape index (κ1) is 9.68. The van der Waals surface area contributed by atoms with Gasteiger partial charge in [-0.05, 0) is 49.7 Å². The highest BCUT2D eigenvalue weighted by atomic mass is 16.5. The molecule has 3 heteroatoms. The summed E-state index contributed by atoms with van der Waals surface area (Å²) in [6, 6.07) is 7.91. The fraction of sp³-hybridized carbons (Fsp3) is 0.462. The van der Waals surface area contributed by atoms with Gasteiger partial charge in [-0.3, -0.25) is 0 Å². The minimum absolute atomic E-state index is 0.00165. The van der Waals surface area contributed by atoms with E-state index in [0.29, 0.717) is 0 Å². The summed E-state index contributed by atoms with van der Waals surface area (Å²) in [4.78, 5) is 0. The van der Waals surface area contributed by atoms with E-state index in [2.05, 4.69) is 11.4 Å². The van der Waals surface area contributed by atoms with Crippen molar-refractivity contribution in [3.05, 3.63) is 29.3 Å². The summed E-state index contributed by atoms with van der Waals surface area (Å²) in [7, 11) is 0. The minimum atomic E-state index is 0.00165. The Labute approximate surface area is 95.0 Å². The third-order valence-corrected chi connectivity index (χ3v) is 3.54. The summed E-state index contributed by atoms with van der Waals surface area (Å²) >= 11 is 0. The van der Waals surface area contributed by atoms with Gasteiger partial charge in [-0.2, -0.15) is 5.26 Å². The quantitative estimate of drug-likeness (QED) is 0.713. The molecule has 1 spiro atoms. The number of nitrogens with zero attached hydrogens (tertiary/aromatic N) is 1. The van der Waals surface area contributed by atoms with E-state index in [1.807, 2.05) is 18.2 Å². The topological polar surface area (TPSA) is 45.0 Å². The third kappa shape index (κ3) is 1.46. The van der Waals surface area contributed by atoms with Gasteiger partial charge in [-0.1, -0.05) is 0 Å². The van der Waals surface area contributed by atoms with Crippen LogP contribution in [0.25, 0.3) is 0 Å². The number of fused-ring (bicyclic) bond motifs is 1. The summed E-state index contributed by atoms with van der Waals surface area (Å²) in [6.45, 7) is 2.05. The summed E-state index contributed by atoms with van der Waals surface area (Å²) in [5, 5.41) is 12.2. The Morgan fingerprint density at radius 2 is 2.12 bits per heavy atom. The van der Waals surface area contributed by atoms with Crippen LogP contribution in [0.5, 0.6) is 5.75 Å². The molecule has 0 amide bonds. The van der Waals surface area contributed by atoms with Crippen LogP contribution in [0.15, 0.2) is 18.2 Å². The smallest absolute Gasteiger partial charge is 0.123 e. The average molecular weight is 214 g/mol. The maximum absolute atomic E-state index is 8.87. The molecular weight excluding hydrogens is 200 g/mol. The van der Waals surface area contributed by atoms with E-state index in [0.717, 1.165) is 43.7 Å². The largest absolute Gasteiger partial charge is 0.487 e. The van der Waals surface area contributed by atoms with Gasteiger partial charge in [-0.25, -0.2) is 0 Å². The number of nitrogens with one attached hydrogen (secondary N) is 1. The molecule has 0 bridgehead atoms. The van der Waals surface area contributed by atoms with Gasteiger partial charge in [0.25, 0.3) is 0 Å². The molecular formula is C13H14N2O. The van der Waals surface area contributed by atoms with Gasteiger partial charge < -0.3 is 10.1 Å². The van der Waals surface area contributed by atoms with Crippen LogP contribution in [0.4, 0.5) is 0 Å². The zero-order valence-electron chi connectivity index (χ0n) is 9.12. The van der Waals surface area contributed by atoms with Gasteiger partial charge in [0.05, 0.1) is 11.6 Å². The van der Waals surface area contributed by atoms with Crippen molar-refractivity contribution >= 4 is 0 Å². The molecule has 1 N–H and O–H groups in total. The number of piperidine rings is 1. The van der Waals surface area contributed by atoms with Crippen LogP contribution in [0.2, 0.25) is 0 Å². The molecule has 82 valence electrons. The van der Waals surface area contributed by atoms with E-state index >= 15 is 0 Å². The van der Waals surface area contributed by atoms with Gasteiger partial charge in [0.1, 0.15) is 11.4 Å². The lowest BCUT2D eigenvalue weighted by Gasteiger charge is -2.33. The predicted molar refractivity (Wildman–Crippen MR) is 60.3 cm³/mol. The zero-order valence-corrected chi connectivity index (χ0v) is 9.12. The van der Waals surface area contributed by atoms with Crippen LogP contribution < -0.4 is 10.1 Å². The molecule has 2 aliphatic heterocycles. The first-order valence-electron chi connectivity index (χ1n) is 5.74. The second-order valence-electron chi connectivity index (χ2n) is 4.65. The van der Waals surface area contributed by atoms with E-state index in [1.165, 1.54) is 5.56 Å². The average Bonchev–Trinajstić information content (AvgIpc) is 2.66. The predicted octanol–water partition coefficient (Wildman–Crippen LogP) is 1.62. The number of hydrogen-bond donors (Lipinski definition) is 1. The Bertz CT molecular complexity index is 455. The second kappa shape index (κ2) is 3.50. The molecule has 0 aromatic heterocycles. The van der Waals surface area contributed by atoms with Crippen LogP contribution in [0.3, 0.4) is 0 Å². The lowest BCUT2D eigenvalue weighted by molar-refractivity contribution is 0.0600. The molecule has 3 rings (SSSR count). The Morgan fingerprint density at radius 3 is 2.88 bits per heavy atom. The van der Waals surface area contributed by atoms with Crippen LogP contribution in [-0.4, -0.2) is 18.7 Å². The van der Waals surface area contributed by atoms with Gasteiger partial charge >= 0.3 is 0 Å². The molecule has 2 heterocycles. The van der Waals surface area contributed by atoms with E-state index in [4.69, 9.17) is 10.00 Å². The van der Waals surface area contributed by atoms with Crippen molar-refractivity contribution in [2.75, 3.05) is 13.1 Å². The van der Waals surface area contributed by atoms with Gasteiger partial charge in [-0.15, -0.1) is 0 Å². The lowest BCUT2D eigenvalue weighted by Crippen LogP contribution is -2.45. The Kier molecular flexibility index (Phi) is 2.12. The normalized spacial score (nSPS) is 21.2. The van der Waals surface area contributed by atoms with Gasteiger partial charge in [0.15, 0.2) is 0 Å². The zero-order chi connectivity index (χ0) is 11.0. The molecule has 1 fully saturated rings. The Hall–Kier alpha value is -1.53. The number of rotatable bonds is 0. The molecule has 16 heavy (non-hydrogen) atoms. The molecule has 0 unspecified atom stereocenters. The summed E-state index contributed by atoms with van der Waals surface area (Å²) in [6.07, 6.45) is 3.08. The molecule has 3 nitrogen and oxygen atoms in total. The standard InChI is InChI=1S/C13H14N2O/c14-9-10-1-2-12-11(7-10)8-13(16-12)3-5-15-6-4-13/h1-2,7,15H,3-6,8H2. The highest BCUT2D eigenvalue weighted by molar-refractivity contribution is 5.45. The van der Waals surface area contributed by atoms with Crippen molar-refractivity contribution in [2.45, 2.75) is 24.9 Å². The molecule has 0 radical (unpaired) electrons. The van der Waals surface area contributed by atoms with Crippen molar-refractivity contribution in [3.63, 3.8) is 0 Å². The van der Waals surface area contributed by atoms with Crippen molar-refractivity contribution in [3.8, 4) is 11.8 Å². The summed E-state index contributed by atoms with van der Waals surface area (Å²) in [5.41, 5.74) is 1.93. The minimum Gasteiger partial charge on any atom is -0.487 e.